The molecule has 0 fully saturated rings. The molecule has 1 aromatic rings. The number of benzene rings is 1. The highest BCUT2D eigenvalue weighted by molar-refractivity contribution is 5.69. The number of nitrogens with one attached hydrogen (secondary N) is 1. The summed E-state index contributed by atoms with van der Waals surface area (Å²) in [5.74, 6) is -1.15. The lowest BCUT2D eigenvalue weighted by molar-refractivity contribution is -0.142. The van der Waals surface area contributed by atoms with Gasteiger partial charge in [0.1, 0.15) is 0 Å². The van der Waals surface area contributed by atoms with Gasteiger partial charge in [0, 0.05) is 0 Å². The highest BCUT2D eigenvalue weighted by Gasteiger charge is 2.39. The Morgan fingerprint density at radius 1 is 1.26 bits per heavy atom. The van der Waals surface area contributed by atoms with Gasteiger partial charge in [-0.05, 0) is 25.1 Å². The predicted octanol–water partition coefficient (Wildman–Crippen LogP) is 3.00. The van der Waals surface area contributed by atoms with E-state index in [0.717, 1.165) is 6.07 Å². The van der Waals surface area contributed by atoms with Crippen LogP contribution in [-0.2, 0) is 16.5 Å². The Balaban J connectivity index is 3.34. The van der Waals surface area contributed by atoms with E-state index >= 15 is 0 Å². The van der Waals surface area contributed by atoms with Crippen molar-refractivity contribution in [1.29, 1.82) is 0 Å². The lowest BCUT2D eigenvalue weighted by Gasteiger charge is -2.32. The van der Waals surface area contributed by atoms with Gasteiger partial charge in [-0.15, -0.1) is 0 Å². The molecule has 3 nitrogen and oxygen atoms in total. The van der Waals surface area contributed by atoms with E-state index in [0.29, 0.717) is 6.54 Å². The molecule has 2 N–H and O–H groups in total. The minimum atomic E-state index is -4.51. The smallest absolute Gasteiger partial charge is 0.416 e. The first kappa shape index (κ1) is 15.5. The molecule has 0 amide bonds. The van der Waals surface area contributed by atoms with Crippen LogP contribution in [0.3, 0.4) is 0 Å². The molecule has 0 radical (unpaired) electrons. The van der Waals surface area contributed by atoms with Crippen LogP contribution in [0.2, 0.25) is 0 Å². The second kappa shape index (κ2) is 5.61. The molecule has 1 unspecified atom stereocenters. The van der Waals surface area contributed by atoms with E-state index in [9.17, 15) is 18.0 Å². The first-order valence-electron chi connectivity index (χ1n) is 5.84. The van der Waals surface area contributed by atoms with Crippen molar-refractivity contribution < 1.29 is 23.1 Å². The minimum Gasteiger partial charge on any atom is -0.481 e. The molecular weight excluding hydrogens is 259 g/mol. The molecule has 1 aromatic carbocycles. The fraction of sp³-hybridized carbons (Fsp3) is 0.462. The Morgan fingerprint density at radius 2 is 1.79 bits per heavy atom. The monoisotopic (exact) mass is 275 g/mol. The Kier molecular flexibility index (Phi) is 4.57. The van der Waals surface area contributed by atoms with Crippen LogP contribution in [0.5, 0.6) is 0 Å². The lowest BCUT2D eigenvalue weighted by Crippen LogP contribution is -2.42. The maximum atomic E-state index is 13.0. The third kappa shape index (κ3) is 3.70. The van der Waals surface area contributed by atoms with Crippen molar-refractivity contribution >= 4 is 5.97 Å². The number of hydrogen-bond acceptors (Lipinski definition) is 2. The zero-order valence-electron chi connectivity index (χ0n) is 10.7. The SMILES string of the molecule is CCNC(C)(CC(=O)O)c1ccccc1C(F)(F)F. The zero-order chi connectivity index (χ0) is 14.7. The standard InChI is InChI=1S/C13H16F3NO2/c1-3-17-12(2,8-11(18)19)9-6-4-5-7-10(9)13(14,15)16/h4-7,17H,3,8H2,1-2H3,(H,18,19). The van der Waals surface area contributed by atoms with E-state index in [-0.39, 0.29) is 5.56 Å². The van der Waals surface area contributed by atoms with Crippen molar-refractivity contribution in [3.05, 3.63) is 35.4 Å². The van der Waals surface area contributed by atoms with Crippen LogP contribution in [0.4, 0.5) is 13.2 Å². The summed E-state index contributed by atoms with van der Waals surface area (Å²) in [6.45, 7) is 3.56. The summed E-state index contributed by atoms with van der Waals surface area (Å²) < 4.78 is 38.9. The summed E-state index contributed by atoms with van der Waals surface area (Å²) >= 11 is 0. The fourth-order valence-corrected chi connectivity index (χ4v) is 2.16. The van der Waals surface area contributed by atoms with Crippen LogP contribution in [0.1, 0.15) is 31.4 Å². The van der Waals surface area contributed by atoms with Crippen LogP contribution in [0, 0.1) is 0 Å². The molecule has 106 valence electrons. The normalized spacial score (nSPS) is 15.0. The summed E-state index contributed by atoms with van der Waals surface area (Å²) in [6.07, 6.45) is -4.93. The fourth-order valence-electron chi connectivity index (χ4n) is 2.16. The summed E-state index contributed by atoms with van der Waals surface area (Å²) in [4.78, 5) is 10.9. The Morgan fingerprint density at radius 3 is 2.21 bits per heavy atom. The van der Waals surface area contributed by atoms with E-state index in [4.69, 9.17) is 5.11 Å². The quantitative estimate of drug-likeness (QED) is 0.868. The molecule has 0 saturated heterocycles. The van der Waals surface area contributed by atoms with Gasteiger partial charge in [0.15, 0.2) is 0 Å². The molecule has 0 bridgehead atoms. The van der Waals surface area contributed by atoms with Crippen molar-refractivity contribution in [1.82, 2.24) is 5.32 Å². The third-order valence-corrected chi connectivity index (χ3v) is 2.90. The van der Waals surface area contributed by atoms with Gasteiger partial charge in [-0.3, -0.25) is 4.79 Å². The molecule has 0 aromatic heterocycles. The van der Waals surface area contributed by atoms with Crippen LogP contribution in [-0.4, -0.2) is 17.6 Å². The van der Waals surface area contributed by atoms with E-state index < -0.39 is 29.7 Å². The number of carboxylic acids is 1. The van der Waals surface area contributed by atoms with Gasteiger partial charge in [-0.1, -0.05) is 25.1 Å². The highest BCUT2D eigenvalue weighted by atomic mass is 19.4. The maximum Gasteiger partial charge on any atom is 0.416 e. The predicted molar refractivity (Wildman–Crippen MR) is 64.7 cm³/mol. The molecule has 1 rings (SSSR count). The Hall–Kier alpha value is -1.56. The number of carboxylic acid groups (broad SMARTS) is 1. The first-order chi connectivity index (χ1) is 8.70. The molecule has 0 aliphatic rings. The lowest BCUT2D eigenvalue weighted by atomic mass is 9.85. The molecule has 19 heavy (non-hydrogen) atoms. The van der Waals surface area contributed by atoms with Gasteiger partial charge in [-0.25, -0.2) is 0 Å². The maximum absolute atomic E-state index is 13.0. The zero-order valence-corrected chi connectivity index (χ0v) is 10.7. The van der Waals surface area contributed by atoms with Gasteiger partial charge in [0.2, 0.25) is 0 Å². The Labute approximate surface area is 109 Å². The van der Waals surface area contributed by atoms with Crippen LogP contribution < -0.4 is 5.32 Å². The Bertz CT molecular complexity index is 459. The average Bonchev–Trinajstić information content (AvgIpc) is 2.27. The largest absolute Gasteiger partial charge is 0.481 e. The van der Waals surface area contributed by atoms with Gasteiger partial charge >= 0.3 is 12.1 Å². The second-order valence-corrected chi connectivity index (χ2v) is 4.48. The van der Waals surface area contributed by atoms with Gasteiger partial charge in [0.05, 0.1) is 17.5 Å². The third-order valence-electron chi connectivity index (χ3n) is 2.90. The number of halogens is 3. The summed E-state index contributed by atoms with van der Waals surface area (Å²) in [5, 5.41) is 11.7. The molecule has 0 saturated carbocycles. The summed E-state index contributed by atoms with van der Waals surface area (Å²) in [5.41, 5.74) is -2.11. The van der Waals surface area contributed by atoms with Crippen molar-refractivity contribution in [3.8, 4) is 0 Å². The van der Waals surface area contributed by atoms with Gasteiger partial charge in [0.25, 0.3) is 0 Å². The molecule has 0 aliphatic carbocycles. The number of hydrogen-bond donors (Lipinski definition) is 2. The topological polar surface area (TPSA) is 49.3 Å². The van der Waals surface area contributed by atoms with E-state index in [1.807, 2.05) is 0 Å². The van der Waals surface area contributed by atoms with Crippen molar-refractivity contribution in [3.63, 3.8) is 0 Å². The number of aliphatic carboxylic acids is 1. The van der Waals surface area contributed by atoms with Crippen molar-refractivity contribution in [2.75, 3.05) is 6.54 Å². The summed E-state index contributed by atoms with van der Waals surface area (Å²) in [6, 6.07) is 5.04. The van der Waals surface area contributed by atoms with Crippen molar-refractivity contribution in [2.24, 2.45) is 0 Å². The first-order valence-corrected chi connectivity index (χ1v) is 5.84. The van der Waals surface area contributed by atoms with Crippen LogP contribution in [0.15, 0.2) is 24.3 Å². The van der Waals surface area contributed by atoms with Gasteiger partial charge < -0.3 is 10.4 Å². The number of rotatable bonds is 5. The number of alkyl halides is 3. The number of carbonyl (C=O) groups is 1. The second-order valence-electron chi connectivity index (χ2n) is 4.48. The molecule has 0 spiro atoms. The van der Waals surface area contributed by atoms with E-state index in [1.165, 1.54) is 25.1 Å². The highest BCUT2D eigenvalue weighted by Crippen LogP contribution is 2.37. The molecule has 6 heteroatoms. The van der Waals surface area contributed by atoms with E-state index in [1.54, 1.807) is 6.92 Å². The van der Waals surface area contributed by atoms with Crippen LogP contribution in [0.25, 0.3) is 0 Å². The molecule has 1 atom stereocenters. The van der Waals surface area contributed by atoms with Crippen LogP contribution >= 0.6 is 0 Å². The molecule has 0 heterocycles. The minimum absolute atomic E-state index is 0.0493. The van der Waals surface area contributed by atoms with E-state index in [2.05, 4.69) is 5.32 Å². The van der Waals surface area contributed by atoms with Gasteiger partial charge in [-0.2, -0.15) is 13.2 Å². The molecular formula is C13H16F3NO2. The summed E-state index contributed by atoms with van der Waals surface area (Å²) in [7, 11) is 0. The molecule has 0 aliphatic heterocycles. The van der Waals surface area contributed by atoms with Crippen molar-refractivity contribution in [2.45, 2.75) is 32.0 Å². The average molecular weight is 275 g/mol.